The van der Waals surface area contributed by atoms with E-state index in [4.69, 9.17) is 5.73 Å². The summed E-state index contributed by atoms with van der Waals surface area (Å²) < 4.78 is 24.7. The fourth-order valence-electron chi connectivity index (χ4n) is 3.02. The van der Waals surface area contributed by atoms with Crippen molar-refractivity contribution < 1.29 is 8.42 Å². The maximum atomic E-state index is 12.4. The van der Waals surface area contributed by atoms with Gasteiger partial charge in [-0.2, -0.15) is 23.5 Å². The molecule has 2 aliphatic rings. The molecule has 3 unspecified atom stereocenters. The van der Waals surface area contributed by atoms with E-state index in [-0.39, 0.29) is 16.7 Å². The van der Waals surface area contributed by atoms with Gasteiger partial charge in [-0.25, -0.2) is 8.42 Å². The fraction of sp³-hybridized carbons (Fsp3) is 1.00. The van der Waals surface area contributed by atoms with Crippen LogP contribution in [-0.2, 0) is 9.84 Å². The quantitative estimate of drug-likeness (QED) is 0.833. The van der Waals surface area contributed by atoms with E-state index in [0.717, 1.165) is 24.5 Å². The second-order valence-corrected chi connectivity index (χ2v) is 10.5. The number of hydrogen-bond donors (Lipinski definition) is 1. The molecule has 0 amide bonds. The highest BCUT2D eigenvalue weighted by molar-refractivity contribution is 8.01. The third kappa shape index (κ3) is 3.10. The van der Waals surface area contributed by atoms with Crippen LogP contribution in [0.3, 0.4) is 0 Å². The number of thioether (sulfide) groups is 2. The van der Waals surface area contributed by atoms with Gasteiger partial charge in [0.2, 0.25) is 0 Å². The first-order chi connectivity index (χ1) is 8.95. The third-order valence-corrected chi connectivity index (χ3v) is 8.92. The van der Waals surface area contributed by atoms with Crippen LogP contribution in [0.5, 0.6) is 0 Å². The summed E-state index contributed by atoms with van der Waals surface area (Å²) >= 11 is 3.67. The minimum atomic E-state index is -3.03. The van der Waals surface area contributed by atoms with Crippen molar-refractivity contribution in [3.8, 4) is 0 Å². The molecule has 2 rings (SSSR count). The van der Waals surface area contributed by atoms with Crippen LogP contribution in [0, 0.1) is 0 Å². The van der Waals surface area contributed by atoms with Crippen molar-refractivity contribution in [3.63, 3.8) is 0 Å². The van der Waals surface area contributed by atoms with E-state index in [1.54, 1.807) is 18.7 Å². The molecule has 2 saturated heterocycles. The van der Waals surface area contributed by atoms with Crippen LogP contribution in [-0.4, -0.2) is 65.6 Å². The predicted octanol–water partition coefficient (Wildman–Crippen LogP) is 1.02. The maximum Gasteiger partial charge on any atom is 0.166 e. The van der Waals surface area contributed by atoms with Gasteiger partial charge in [0, 0.05) is 46.9 Å². The van der Waals surface area contributed by atoms with Crippen molar-refractivity contribution in [2.75, 3.05) is 36.1 Å². The molecule has 2 heterocycles. The highest BCUT2D eigenvalue weighted by Gasteiger charge is 2.48. The Labute approximate surface area is 125 Å². The van der Waals surface area contributed by atoms with E-state index in [2.05, 4.69) is 11.8 Å². The van der Waals surface area contributed by atoms with Crippen molar-refractivity contribution in [1.29, 1.82) is 0 Å². The van der Waals surface area contributed by atoms with E-state index in [1.165, 1.54) is 0 Å². The van der Waals surface area contributed by atoms with Gasteiger partial charge in [-0.05, 0) is 6.42 Å². The van der Waals surface area contributed by atoms with E-state index in [1.807, 2.05) is 11.8 Å². The average molecular weight is 325 g/mol. The molecular formula is C12H24N2O2S3. The summed E-state index contributed by atoms with van der Waals surface area (Å²) in [5.74, 6) is 2.89. The Morgan fingerprint density at radius 1 is 1.47 bits per heavy atom. The van der Waals surface area contributed by atoms with Crippen LogP contribution in [0.1, 0.15) is 20.3 Å². The van der Waals surface area contributed by atoms with Crippen molar-refractivity contribution >= 4 is 33.4 Å². The van der Waals surface area contributed by atoms with Gasteiger partial charge >= 0.3 is 0 Å². The fourth-order valence-corrected chi connectivity index (χ4v) is 7.54. The van der Waals surface area contributed by atoms with Crippen LogP contribution in [0.2, 0.25) is 0 Å². The molecule has 0 spiro atoms. The van der Waals surface area contributed by atoms with E-state index >= 15 is 0 Å². The Hall–Kier alpha value is 0.570. The standard InChI is InChI=1S/C12H24N2O2S3/c1-3-19(15,16)11-7-17-5-4-14(11)12(8-13)6-10(2)18-9-12/h10-11H,3-9,13H2,1-2H3. The molecular weight excluding hydrogens is 300 g/mol. The third-order valence-electron chi connectivity index (χ3n) is 4.19. The van der Waals surface area contributed by atoms with Crippen molar-refractivity contribution in [2.45, 2.75) is 36.4 Å². The predicted molar refractivity (Wildman–Crippen MR) is 85.6 cm³/mol. The summed E-state index contributed by atoms with van der Waals surface area (Å²) in [4.78, 5) is 2.22. The smallest absolute Gasteiger partial charge is 0.166 e. The molecule has 0 bridgehead atoms. The zero-order valence-electron chi connectivity index (χ0n) is 11.7. The second-order valence-electron chi connectivity index (χ2n) is 5.43. The molecule has 19 heavy (non-hydrogen) atoms. The summed E-state index contributed by atoms with van der Waals surface area (Å²) in [5.41, 5.74) is 5.94. The topological polar surface area (TPSA) is 63.4 Å². The molecule has 4 nitrogen and oxygen atoms in total. The first-order valence-electron chi connectivity index (χ1n) is 6.83. The summed E-state index contributed by atoms with van der Waals surface area (Å²) in [6.07, 6.45) is 1.01. The van der Waals surface area contributed by atoms with Crippen molar-refractivity contribution in [1.82, 2.24) is 4.90 Å². The van der Waals surface area contributed by atoms with Crippen molar-refractivity contribution in [3.05, 3.63) is 0 Å². The first-order valence-corrected chi connectivity index (χ1v) is 10.7. The Morgan fingerprint density at radius 2 is 2.21 bits per heavy atom. The number of rotatable bonds is 4. The first kappa shape index (κ1) is 15.9. The molecule has 0 aromatic heterocycles. The molecule has 0 saturated carbocycles. The average Bonchev–Trinajstić information content (AvgIpc) is 2.81. The molecule has 7 heteroatoms. The largest absolute Gasteiger partial charge is 0.329 e. The highest BCUT2D eigenvalue weighted by atomic mass is 32.2. The Morgan fingerprint density at radius 3 is 2.74 bits per heavy atom. The van der Waals surface area contributed by atoms with Crippen LogP contribution >= 0.6 is 23.5 Å². The molecule has 0 aromatic rings. The summed E-state index contributed by atoms with van der Waals surface area (Å²) in [5, 5.41) is 0.230. The van der Waals surface area contributed by atoms with E-state index in [9.17, 15) is 8.42 Å². The SMILES string of the molecule is CCS(=O)(=O)C1CSCCN1C1(CN)CSC(C)C1. The van der Waals surface area contributed by atoms with Gasteiger partial charge in [-0.15, -0.1) is 0 Å². The molecule has 2 aliphatic heterocycles. The zero-order chi connectivity index (χ0) is 14.1. The van der Waals surface area contributed by atoms with E-state index < -0.39 is 9.84 Å². The van der Waals surface area contributed by atoms with Crippen LogP contribution < -0.4 is 5.73 Å². The number of sulfone groups is 1. The Kier molecular flexibility index (Phi) is 5.15. The lowest BCUT2D eigenvalue weighted by atomic mass is 9.94. The number of nitrogens with zero attached hydrogens (tertiary/aromatic N) is 1. The zero-order valence-corrected chi connectivity index (χ0v) is 14.1. The lowest BCUT2D eigenvalue weighted by molar-refractivity contribution is 0.108. The molecule has 3 atom stereocenters. The maximum absolute atomic E-state index is 12.4. The molecule has 0 radical (unpaired) electrons. The summed E-state index contributed by atoms with van der Waals surface area (Å²) in [6.45, 7) is 5.36. The van der Waals surface area contributed by atoms with Crippen LogP contribution in [0.15, 0.2) is 0 Å². The Balaban J connectivity index is 2.29. The lowest BCUT2D eigenvalue weighted by Crippen LogP contribution is -2.63. The van der Waals surface area contributed by atoms with Gasteiger partial charge < -0.3 is 5.73 Å². The van der Waals surface area contributed by atoms with Gasteiger partial charge in [0.1, 0.15) is 5.37 Å². The molecule has 0 aliphatic carbocycles. The van der Waals surface area contributed by atoms with Gasteiger partial charge in [-0.3, -0.25) is 4.90 Å². The molecule has 2 N–H and O–H groups in total. The van der Waals surface area contributed by atoms with Crippen LogP contribution in [0.25, 0.3) is 0 Å². The Bertz CT molecular complexity index is 415. The van der Waals surface area contributed by atoms with Crippen LogP contribution in [0.4, 0.5) is 0 Å². The molecule has 0 aromatic carbocycles. The summed E-state index contributed by atoms with van der Waals surface area (Å²) in [7, 11) is -3.03. The normalized spacial score (nSPS) is 37.6. The summed E-state index contributed by atoms with van der Waals surface area (Å²) in [6, 6.07) is 0. The molecule has 112 valence electrons. The second kappa shape index (κ2) is 6.13. The minimum Gasteiger partial charge on any atom is -0.329 e. The highest BCUT2D eigenvalue weighted by Crippen LogP contribution is 2.41. The number of nitrogens with two attached hydrogens (primary N) is 1. The van der Waals surface area contributed by atoms with Gasteiger partial charge in [-0.1, -0.05) is 13.8 Å². The van der Waals surface area contributed by atoms with Gasteiger partial charge in [0.05, 0.1) is 0 Å². The molecule has 2 fully saturated rings. The number of hydrogen-bond acceptors (Lipinski definition) is 6. The van der Waals surface area contributed by atoms with Crippen molar-refractivity contribution in [2.24, 2.45) is 5.73 Å². The van der Waals surface area contributed by atoms with Gasteiger partial charge in [0.25, 0.3) is 0 Å². The van der Waals surface area contributed by atoms with E-state index in [0.29, 0.717) is 17.5 Å². The monoisotopic (exact) mass is 324 g/mol. The minimum absolute atomic E-state index is 0.113. The van der Waals surface area contributed by atoms with Gasteiger partial charge in [0.15, 0.2) is 9.84 Å². The lowest BCUT2D eigenvalue weighted by Gasteiger charge is -2.46.